The summed E-state index contributed by atoms with van der Waals surface area (Å²) in [6.45, 7) is 2.22. The molecular weight excluding hydrogens is 149 g/mol. The lowest BCUT2D eigenvalue weighted by atomic mass is 10.5. The molecule has 0 saturated heterocycles. The molecule has 0 aromatic rings. The Hall–Kier alpha value is -0.290. The first-order valence-corrected chi connectivity index (χ1v) is 5.16. The van der Waals surface area contributed by atoms with Crippen LogP contribution < -0.4 is 0 Å². The van der Waals surface area contributed by atoms with Gasteiger partial charge in [0.05, 0.1) is 19.1 Å². The molecule has 0 aromatic heterocycles. The highest BCUT2D eigenvalue weighted by molar-refractivity contribution is 7.63. The van der Waals surface area contributed by atoms with Crippen LogP contribution in [0.4, 0.5) is 0 Å². The van der Waals surface area contributed by atoms with Crippen molar-refractivity contribution in [1.29, 1.82) is 5.26 Å². The van der Waals surface area contributed by atoms with Gasteiger partial charge in [0, 0.05) is 13.8 Å². The van der Waals surface area contributed by atoms with Crippen molar-refractivity contribution < 1.29 is 9.05 Å². The van der Waals surface area contributed by atoms with Crippen LogP contribution in [0.1, 0.15) is 6.42 Å². The summed E-state index contributed by atoms with van der Waals surface area (Å²) in [4.78, 5) is 0. The Kier molecular flexibility index (Phi) is 4.38. The van der Waals surface area contributed by atoms with Crippen LogP contribution in [0.2, 0.25) is 0 Å². The zero-order valence-corrected chi connectivity index (χ0v) is 7.23. The molecule has 0 heterocycles. The summed E-state index contributed by atoms with van der Waals surface area (Å²) in [5, 5.41) is 8.16. The third-order valence-electron chi connectivity index (χ3n) is 0.964. The smallest absolute Gasteiger partial charge is 0.114 e. The Morgan fingerprint density at radius 2 is 2.30 bits per heavy atom. The Morgan fingerprint density at radius 3 is 2.70 bits per heavy atom. The van der Waals surface area contributed by atoms with Gasteiger partial charge < -0.3 is 9.05 Å². The second kappa shape index (κ2) is 4.51. The molecule has 0 saturated carbocycles. The molecular formula is C6H12NO2P. The van der Waals surface area contributed by atoms with Gasteiger partial charge in [-0.2, -0.15) is 5.26 Å². The van der Waals surface area contributed by atoms with E-state index in [4.69, 9.17) is 14.3 Å². The molecule has 1 unspecified atom stereocenters. The zero-order chi connectivity index (χ0) is 8.04. The number of rotatable bonds is 4. The average molecular weight is 161 g/mol. The third kappa shape index (κ3) is 4.58. The van der Waals surface area contributed by atoms with E-state index < -0.39 is 7.34 Å². The summed E-state index contributed by atoms with van der Waals surface area (Å²) < 4.78 is 10.1. The van der Waals surface area contributed by atoms with Crippen molar-refractivity contribution in [2.75, 3.05) is 20.4 Å². The van der Waals surface area contributed by atoms with Crippen LogP contribution in [0.15, 0.2) is 0 Å². The quantitative estimate of drug-likeness (QED) is 0.463. The Balaban J connectivity index is 3.50. The lowest BCUT2D eigenvalue weighted by Crippen LogP contribution is -1.92. The van der Waals surface area contributed by atoms with Crippen molar-refractivity contribution in [2.24, 2.45) is 0 Å². The van der Waals surface area contributed by atoms with Crippen molar-refractivity contribution in [1.82, 2.24) is 0 Å². The number of hydrogen-bond donors (Lipinski definition) is 0. The molecule has 0 amide bonds. The van der Waals surface area contributed by atoms with E-state index in [2.05, 4.69) is 6.30 Å². The van der Waals surface area contributed by atoms with Crippen molar-refractivity contribution in [2.45, 2.75) is 6.42 Å². The van der Waals surface area contributed by atoms with Crippen LogP contribution in [0.3, 0.4) is 0 Å². The second-order valence-corrected chi connectivity index (χ2v) is 4.59. The molecule has 0 aliphatic rings. The molecule has 58 valence electrons. The maximum Gasteiger partial charge on any atom is 0.114 e. The van der Waals surface area contributed by atoms with Crippen molar-refractivity contribution >= 4 is 13.6 Å². The first kappa shape index (κ1) is 9.71. The van der Waals surface area contributed by atoms with E-state index in [1.165, 1.54) is 0 Å². The highest BCUT2D eigenvalue weighted by Gasteiger charge is 2.03. The third-order valence-corrected chi connectivity index (χ3v) is 2.47. The van der Waals surface area contributed by atoms with E-state index in [0.29, 0.717) is 13.0 Å². The second-order valence-electron chi connectivity index (χ2n) is 1.94. The van der Waals surface area contributed by atoms with Crippen LogP contribution in [-0.2, 0) is 9.05 Å². The predicted octanol–water partition coefficient (Wildman–Crippen LogP) is 1.47. The predicted molar refractivity (Wildman–Crippen MR) is 43.2 cm³/mol. The molecule has 4 heteroatoms. The van der Waals surface area contributed by atoms with Gasteiger partial charge in [0.2, 0.25) is 0 Å². The van der Waals surface area contributed by atoms with Crippen LogP contribution >= 0.6 is 7.34 Å². The number of nitrogens with zero attached hydrogens (tertiary/aromatic N) is 1. The van der Waals surface area contributed by atoms with E-state index in [1.807, 2.05) is 12.7 Å². The van der Waals surface area contributed by atoms with Gasteiger partial charge in [0.25, 0.3) is 0 Å². The Labute approximate surface area is 61.7 Å². The van der Waals surface area contributed by atoms with E-state index in [9.17, 15) is 0 Å². The molecule has 0 aliphatic heterocycles. The minimum atomic E-state index is -1.85. The van der Waals surface area contributed by atoms with E-state index in [0.717, 1.165) is 0 Å². The van der Waals surface area contributed by atoms with Crippen molar-refractivity contribution in [3.63, 3.8) is 0 Å². The molecule has 3 nitrogen and oxygen atoms in total. The van der Waals surface area contributed by atoms with Gasteiger partial charge in [0.1, 0.15) is 7.34 Å². The van der Waals surface area contributed by atoms with E-state index >= 15 is 0 Å². The Bertz CT molecular complexity index is 173. The van der Waals surface area contributed by atoms with Crippen molar-refractivity contribution in [3.8, 4) is 6.07 Å². The molecule has 0 rings (SSSR count). The van der Waals surface area contributed by atoms with Crippen LogP contribution in [-0.4, -0.2) is 26.7 Å². The highest BCUT2D eigenvalue weighted by Crippen LogP contribution is 2.41. The summed E-state index contributed by atoms with van der Waals surface area (Å²) in [7, 11) is -0.292. The van der Waals surface area contributed by atoms with Gasteiger partial charge in [-0.1, -0.05) is 6.30 Å². The fourth-order valence-electron chi connectivity index (χ4n) is 0.337. The molecule has 1 atom stereocenters. The number of nitriles is 1. The molecule has 0 spiro atoms. The monoisotopic (exact) mass is 161 g/mol. The summed E-state index contributed by atoms with van der Waals surface area (Å²) in [5.41, 5.74) is 0. The topological polar surface area (TPSA) is 42.2 Å². The summed E-state index contributed by atoms with van der Waals surface area (Å²) >= 11 is 0. The van der Waals surface area contributed by atoms with Gasteiger partial charge in [0.15, 0.2) is 0 Å². The zero-order valence-electron chi connectivity index (χ0n) is 6.33. The molecule has 0 radical (unpaired) electrons. The fraction of sp³-hybridized carbons (Fsp3) is 0.667. The SMILES string of the molecule is C=P(C)(OC)OCCC#N. The first-order valence-electron chi connectivity index (χ1n) is 2.90. The molecule has 0 fully saturated rings. The maximum absolute atomic E-state index is 8.16. The molecule has 0 N–H and O–H groups in total. The van der Waals surface area contributed by atoms with Crippen LogP contribution in [0.25, 0.3) is 0 Å². The molecule has 0 bridgehead atoms. The lowest BCUT2D eigenvalue weighted by Gasteiger charge is -2.15. The molecule has 0 aliphatic carbocycles. The van der Waals surface area contributed by atoms with Gasteiger partial charge in [-0.15, -0.1) is 0 Å². The van der Waals surface area contributed by atoms with Crippen molar-refractivity contribution in [3.05, 3.63) is 0 Å². The lowest BCUT2D eigenvalue weighted by molar-refractivity contribution is 0.290. The minimum absolute atomic E-state index is 0.397. The minimum Gasteiger partial charge on any atom is -0.341 e. The maximum atomic E-state index is 8.16. The number of hydrogen-bond acceptors (Lipinski definition) is 3. The van der Waals surface area contributed by atoms with E-state index in [1.54, 1.807) is 7.11 Å². The standard InChI is InChI=1S/C6H12NO2P/c1-8-10(2,3)9-6-4-5-7/h2,4,6H2,1,3H3. The normalized spacial score (nSPS) is 15.7. The average Bonchev–Trinajstić information content (AvgIpc) is 1.89. The van der Waals surface area contributed by atoms with Gasteiger partial charge in [-0.05, 0) is 0 Å². The fourth-order valence-corrected chi connectivity index (χ4v) is 0.920. The van der Waals surface area contributed by atoms with Gasteiger partial charge in [-0.25, -0.2) is 0 Å². The van der Waals surface area contributed by atoms with Crippen LogP contribution in [0.5, 0.6) is 0 Å². The van der Waals surface area contributed by atoms with Gasteiger partial charge in [-0.3, -0.25) is 0 Å². The summed E-state index contributed by atoms with van der Waals surface area (Å²) in [6.07, 6.45) is 4.11. The summed E-state index contributed by atoms with van der Waals surface area (Å²) in [6, 6.07) is 1.97. The largest absolute Gasteiger partial charge is 0.341 e. The van der Waals surface area contributed by atoms with Crippen LogP contribution in [0, 0.1) is 11.3 Å². The Morgan fingerprint density at radius 1 is 1.70 bits per heavy atom. The molecule has 10 heavy (non-hydrogen) atoms. The summed E-state index contributed by atoms with van der Waals surface area (Å²) in [5.74, 6) is 0. The first-order chi connectivity index (χ1) is 4.62. The highest BCUT2D eigenvalue weighted by atomic mass is 31.2. The molecule has 0 aromatic carbocycles. The van der Waals surface area contributed by atoms with Gasteiger partial charge >= 0.3 is 0 Å². The van der Waals surface area contributed by atoms with E-state index in [-0.39, 0.29) is 0 Å².